The lowest BCUT2D eigenvalue weighted by Crippen LogP contribution is -2.16. The molecule has 0 saturated heterocycles. The number of benzene rings is 1. The van der Waals surface area contributed by atoms with Gasteiger partial charge in [0.1, 0.15) is 0 Å². The second-order valence-electron chi connectivity index (χ2n) is 4.97. The van der Waals surface area contributed by atoms with Crippen LogP contribution < -0.4 is 0 Å². The van der Waals surface area contributed by atoms with E-state index in [2.05, 4.69) is 0 Å². The van der Waals surface area contributed by atoms with Crippen LogP contribution in [0.25, 0.3) is 0 Å². The second kappa shape index (κ2) is 5.31. The Morgan fingerprint density at radius 1 is 1.17 bits per heavy atom. The molecule has 0 saturated carbocycles. The molecular formula is C14H17F3O. The van der Waals surface area contributed by atoms with E-state index in [1.165, 1.54) is 11.1 Å². The zero-order valence-corrected chi connectivity index (χ0v) is 10.1. The highest BCUT2D eigenvalue weighted by Crippen LogP contribution is 2.25. The molecule has 1 aliphatic carbocycles. The Morgan fingerprint density at radius 2 is 1.89 bits per heavy atom. The first kappa shape index (κ1) is 13.4. The van der Waals surface area contributed by atoms with E-state index in [0.717, 1.165) is 24.8 Å². The van der Waals surface area contributed by atoms with Gasteiger partial charge >= 0.3 is 6.18 Å². The molecule has 4 heteroatoms. The van der Waals surface area contributed by atoms with Crippen molar-refractivity contribution in [2.45, 2.75) is 50.8 Å². The summed E-state index contributed by atoms with van der Waals surface area (Å²) in [6.45, 7) is 0. The van der Waals surface area contributed by atoms with Gasteiger partial charge in [-0.2, -0.15) is 13.2 Å². The highest BCUT2D eigenvalue weighted by Gasteiger charge is 2.27. The third-order valence-electron chi connectivity index (χ3n) is 3.40. The minimum Gasteiger partial charge on any atom is -0.393 e. The molecule has 1 nitrogen and oxygen atoms in total. The van der Waals surface area contributed by atoms with Crippen LogP contribution in [0.5, 0.6) is 0 Å². The lowest BCUT2D eigenvalue weighted by atomic mass is 10.00. The van der Waals surface area contributed by atoms with E-state index in [4.69, 9.17) is 0 Å². The summed E-state index contributed by atoms with van der Waals surface area (Å²) in [6.07, 6.45) is -2.64. The van der Waals surface area contributed by atoms with E-state index in [1.54, 1.807) is 0 Å². The van der Waals surface area contributed by atoms with E-state index in [1.807, 2.05) is 18.2 Å². The summed E-state index contributed by atoms with van der Waals surface area (Å²) in [4.78, 5) is 0. The average Bonchev–Trinajstić information content (AvgIpc) is 2.72. The van der Waals surface area contributed by atoms with Gasteiger partial charge in [0.05, 0.1) is 6.10 Å². The van der Waals surface area contributed by atoms with E-state index in [0.29, 0.717) is 6.42 Å². The monoisotopic (exact) mass is 258 g/mol. The molecule has 0 aromatic heterocycles. The Bertz CT molecular complexity index is 412. The van der Waals surface area contributed by atoms with Gasteiger partial charge in [0, 0.05) is 6.42 Å². The molecule has 1 aliphatic rings. The summed E-state index contributed by atoms with van der Waals surface area (Å²) in [5, 5.41) is 9.61. The number of aryl methyl sites for hydroxylation is 2. The molecule has 18 heavy (non-hydrogen) atoms. The fourth-order valence-corrected chi connectivity index (χ4v) is 2.46. The molecule has 1 N–H and O–H groups in total. The minimum absolute atomic E-state index is 0.222. The highest BCUT2D eigenvalue weighted by atomic mass is 19.4. The Balaban J connectivity index is 1.89. The molecule has 0 fully saturated rings. The van der Waals surface area contributed by atoms with Gasteiger partial charge in [0.15, 0.2) is 0 Å². The molecule has 0 aliphatic heterocycles. The highest BCUT2D eigenvalue weighted by molar-refractivity contribution is 5.35. The normalized spacial score (nSPS) is 16.7. The van der Waals surface area contributed by atoms with E-state index in [9.17, 15) is 18.3 Å². The summed E-state index contributed by atoms with van der Waals surface area (Å²) in [5.74, 6) is 0. The first-order chi connectivity index (χ1) is 8.44. The van der Waals surface area contributed by atoms with Crippen molar-refractivity contribution < 1.29 is 18.3 Å². The molecule has 0 radical (unpaired) electrons. The van der Waals surface area contributed by atoms with Crippen molar-refractivity contribution in [3.63, 3.8) is 0 Å². The predicted molar refractivity (Wildman–Crippen MR) is 63.5 cm³/mol. The maximum atomic E-state index is 12.0. The maximum Gasteiger partial charge on any atom is 0.389 e. The largest absolute Gasteiger partial charge is 0.393 e. The number of aliphatic hydroxyl groups excluding tert-OH is 1. The number of halogens is 3. The fraction of sp³-hybridized carbons (Fsp3) is 0.571. The smallest absolute Gasteiger partial charge is 0.389 e. The van der Waals surface area contributed by atoms with Crippen LogP contribution >= 0.6 is 0 Å². The van der Waals surface area contributed by atoms with Crippen LogP contribution in [0.4, 0.5) is 13.2 Å². The molecule has 1 unspecified atom stereocenters. The number of aliphatic hydroxyl groups is 1. The summed E-state index contributed by atoms with van der Waals surface area (Å²) < 4.78 is 36.1. The third-order valence-corrected chi connectivity index (χ3v) is 3.40. The van der Waals surface area contributed by atoms with Crippen LogP contribution in [-0.2, 0) is 19.3 Å². The zero-order chi connectivity index (χ0) is 13.2. The van der Waals surface area contributed by atoms with Crippen LogP contribution in [0.2, 0.25) is 0 Å². The van der Waals surface area contributed by atoms with Gasteiger partial charge in [-0.15, -0.1) is 0 Å². The quantitative estimate of drug-likeness (QED) is 0.877. The van der Waals surface area contributed by atoms with Crippen LogP contribution in [0.15, 0.2) is 18.2 Å². The van der Waals surface area contributed by atoms with Gasteiger partial charge in [0.2, 0.25) is 0 Å². The lowest BCUT2D eigenvalue weighted by Gasteiger charge is -2.13. The summed E-state index contributed by atoms with van der Waals surface area (Å²) in [5.41, 5.74) is 3.56. The van der Waals surface area contributed by atoms with Crippen LogP contribution in [0, 0.1) is 0 Å². The van der Waals surface area contributed by atoms with Crippen molar-refractivity contribution in [2.75, 3.05) is 0 Å². The zero-order valence-electron chi connectivity index (χ0n) is 10.1. The summed E-state index contributed by atoms with van der Waals surface area (Å²) in [6, 6.07) is 5.98. The van der Waals surface area contributed by atoms with Gasteiger partial charge in [-0.1, -0.05) is 18.2 Å². The maximum absolute atomic E-state index is 12.0. The molecule has 1 aromatic carbocycles. The summed E-state index contributed by atoms with van der Waals surface area (Å²) >= 11 is 0. The van der Waals surface area contributed by atoms with Crippen molar-refractivity contribution >= 4 is 0 Å². The number of hydrogen-bond acceptors (Lipinski definition) is 1. The molecule has 0 spiro atoms. The van der Waals surface area contributed by atoms with Crippen molar-refractivity contribution in [3.8, 4) is 0 Å². The van der Waals surface area contributed by atoms with Crippen molar-refractivity contribution in [3.05, 3.63) is 34.9 Å². The van der Waals surface area contributed by atoms with E-state index >= 15 is 0 Å². The first-order valence-corrected chi connectivity index (χ1v) is 6.29. The number of fused-ring (bicyclic) bond motifs is 1. The van der Waals surface area contributed by atoms with Gasteiger partial charge in [-0.05, 0) is 48.8 Å². The standard InChI is InChI=1S/C14H17F3O/c15-14(16,17)7-6-13(18)9-10-4-5-11-2-1-3-12(11)8-10/h4-5,8,13,18H,1-3,6-7,9H2. The predicted octanol–water partition coefficient (Wildman–Crippen LogP) is 3.42. The van der Waals surface area contributed by atoms with Gasteiger partial charge in [0.25, 0.3) is 0 Å². The Morgan fingerprint density at radius 3 is 2.61 bits per heavy atom. The summed E-state index contributed by atoms with van der Waals surface area (Å²) in [7, 11) is 0. The number of alkyl halides is 3. The Hall–Kier alpha value is -1.03. The van der Waals surface area contributed by atoms with E-state index < -0.39 is 18.7 Å². The average molecular weight is 258 g/mol. The van der Waals surface area contributed by atoms with Crippen molar-refractivity contribution in [1.29, 1.82) is 0 Å². The molecule has 1 atom stereocenters. The van der Waals surface area contributed by atoms with Gasteiger partial charge in [-0.25, -0.2) is 0 Å². The first-order valence-electron chi connectivity index (χ1n) is 6.29. The minimum atomic E-state index is -4.18. The molecule has 0 amide bonds. The third kappa shape index (κ3) is 3.73. The topological polar surface area (TPSA) is 20.2 Å². The molecule has 0 heterocycles. The lowest BCUT2D eigenvalue weighted by molar-refractivity contribution is -0.139. The SMILES string of the molecule is OC(CCC(F)(F)F)Cc1ccc2c(c1)CCC2. The number of rotatable bonds is 4. The molecular weight excluding hydrogens is 241 g/mol. The van der Waals surface area contributed by atoms with Crippen molar-refractivity contribution in [2.24, 2.45) is 0 Å². The van der Waals surface area contributed by atoms with Crippen LogP contribution in [-0.4, -0.2) is 17.4 Å². The number of hydrogen-bond donors (Lipinski definition) is 1. The Labute approximate surface area is 105 Å². The molecule has 0 bridgehead atoms. The van der Waals surface area contributed by atoms with Crippen LogP contribution in [0.3, 0.4) is 0 Å². The van der Waals surface area contributed by atoms with Gasteiger partial charge < -0.3 is 5.11 Å². The Kier molecular flexibility index (Phi) is 3.95. The molecule has 1 aromatic rings. The van der Waals surface area contributed by atoms with Gasteiger partial charge in [-0.3, -0.25) is 0 Å². The fourth-order valence-electron chi connectivity index (χ4n) is 2.46. The second-order valence-corrected chi connectivity index (χ2v) is 4.97. The molecule has 100 valence electrons. The van der Waals surface area contributed by atoms with Crippen molar-refractivity contribution in [1.82, 2.24) is 0 Å². The van der Waals surface area contributed by atoms with E-state index in [-0.39, 0.29) is 6.42 Å². The molecule has 2 rings (SSSR count). The van der Waals surface area contributed by atoms with Crippen LogP contribution in [0.1, 0.15) is 36.0 Å².